The van der Waals surface area contributed by atoms with Gasteiger partial charge in [0.15, 0.2) is 5.75 Å². The molecular formula is C25H28F3N3O5S. The number of piperazine rings is 1. The second-order valence-corrected chi connectivity index (χ2v) is 10.7. The van der Waals surface area contributed by atoms with Gasteiger partial charge in [-0.25, -0.2) is 13.4 Å². The SMILES string of the molecule is CCCCC(=O)OCCN1CCN(C2=Nc3ccccc3Oc3ccc(S(=O)(=O)C(F)(F)F)cc32)CC1. The van der Waals surface area contributed by atoms with E-state index in [1.165, 1.54) is 6.07 Å². The van der Waals surface area contributed by atoms with Crippen LogP contribution in [0.4, 0.5) is 18.9 Å². The minimum atomic E-state index is -5.55. The quantitative estimate of drug-likeness (QED) is 0.478. The van der Waals surface area contributed by atoms with Gasteiger partial charge in [0.2, 0.25) is 0 Å². The molecule has 0 unspecified atom stereocenters. The molecule has 37 heavy (non-hydrogen) atoms. The van der Waals surface area contributed by atoms with Crippen LogP contribution in [0.1, 0.15) is 31.7 Å². The lowest BCUT2D eigenvalue weighted by molar-refractivity contribution is -0.144. The molecule has 1 saturated heterocycles. The lowest BCUT2D eigenvalue weighted by Crippen LogP contribution is -2.49. The van der Waals surface area contributed by atoms with Crippen LogP contribution in [0.2, 0.25) is 0 Å². The molecule has 2 aliphatic heterocycles. The number of amidine groups is 1. The highest BCUT2D eigenvalue weighted by atomic mass is 32.2. The van der Waals surface area contributed by atoms with Crippen LogP contribution in [0, 0.1) is 0 Å². The highest BCUT2D eigenvalue weighted by molar-refractivity contribution is 7.92. The van der Waals surface area contributed by atoms with E-state index in [1.807, 2.05) is 11.8 Å². The van der Waals surface area contributed by atoms with Crippen LogP contribution in [-0.4, -0.2) is 74.9 Å². The van der Waals surface area contributed by atoms with Gasteiger partial charge in [0, 0.05) is 39.1 Å². The first-order valence-corrected chi connectivity index (χ1v) is 13.5. The Bertz CT molecular complexity index is 1270. The van der Waals surface area contributed by atoms with Crippen LogP contribution in [-0.2, 0) is 19.4 Å². The summed E-state index contributed by atoms with van der Waals surface area (Å²) >= 11 is 0. The summed E-state index contributed by atoms with van der Waals surface area (Å²) in [7, 11) is -5.55. The first-order chi connectivity index (χ1) is 17.6. The zero-order chi connectivity index (χ0) is 26.6. The number of ether oxygens (including phenoxy) is 2. The highest BCUT2D eigenvalue weighted by Crippen LogP contribution is 2.40. The molecule has 200 valence electrons. The van der Waals surface area contributed by atoms with Crippen LogP contribution in [0.15, 0.2) is 52.4 Å². The Balaban J connectivity index is 1.55. The largest absolute Gasteiger partial charge is 0.501 e. The number of para-hydroxylation sites is 2. The van der Waals surface area contributed by atoms with Crippen LogP contribution < -0.4 is 4.74 Å². The summed E-state index contributed by atoms with van der Waals surface area (Å²) in [5, 5.41) is 0. The van der Waals surface area contributed by atoms with Crippen molar-refractivity contribution in [1.82, 2.24) is 9.80 Å². The molecule has 1 fully saturated rings. The predicted molar refractivity (Wildman–Crippen MR) is 131 cm³/mol. The number of carbonyl (C=O) groups excluding carboxylic acids is 1. The number of sulfone groups is 1. The molecule has 0 radical (unpaired) electrons. The molecule has 2 heterocycles. The molecule has 0 amide bonds. The zero-order valence-electron chi connectivity index (χ0n) is 20.3. The van der Waals surface area contributed by atoms with Crippen molar-refractivity contribution in [2.75, 3.05) is 39.3 Å². The van der Waals surface area contributed by atoms with E-state index in [0.29, 0.717) is 56.4 Å². The van der Waals surface area contributed by atoms with Gasteiger partial charge in [-0.3, -0.25) is 9.69 Å². The summed E-state index contributed by atoms with van der Waals surface area (Å²) in [5.41, 5.74) is -4.78. The Morgan fingerprint density at radius 1 is 1.08 bits per heavy atom. The van der Waals surface area contributed by atoms with Crippen LogP contribution in [0.5, 0.6) is 11.5 Å². The lowest BCUT2D eigenvalue weighted by Gasteiger charge is -2.36. The van der Waals surface area contributed by atoms with Gasteiger partial charge in [-0.2, -0.15) is 13.2 Å². The minimum absolute atomic E-state index is 0.167. The highest BCUT2D eigenvalue weighted by Gasteiger charge is 2.47. The van der Waals surface area contributed by atoms with E-state index in [1.54, 1.807) is 24.3 Å². The molecule has 0 spiro atoms. The fraction of sp³-hybridized carbons (Fsp3) is 0.440. The van der Waals surface area contributed by atoms with Crippen molar-refractivity contribution >= 4 is 27.3 Å². The molecule has 2 aromatic carbocycles. The summed E-state index contributed by atoms with van der Waals surface area (Å²) in [5.74, 6) is 0.748. The van der Waals surface area contributed by atoms with Crippen molar-refractivity contribution in [1.29, 1.82) is 0 Å². The molecule has 2 aromatic rings. The maximum atomic E-state index is 13.3. The van der Waals surface area contributed by atoms with Crippen molar-refractivity contribution in [3.05, 3.63) is 48.0 Å². The first-order valence-electron chi connectivity index (χ1n) is 12.0. The van der Waals surface area contributed by atoms with Crippen LogP contribution >= 0.6 is 0 Å². The van der Waals surface area contributed by atoms with Crippen LogP contribution in [0.25, 0.3) is 0 Å². The van der Waals surface area contributed by atoms with Gasteiger partial charge in [0.1, 0.15) is 23.9 Å². The fourth-order valence-corrected chi connectivity index (χ4v) is 4.90. The molecule has 2 aliphatic rings. The zero-order valence-corrected chi connectivity index (χ0v) is 21.1. The van der Waals surface area contributed by atoms with Gasteiger partial charge in [0.25, 0.3) is 9.84 Å². The standard InChI is InChI=1S/C25H28F3N3O5S/c1-2-3-8-23(32)35-16-15-30-11-13-31(14-12-30)24-19-17-18(37(33,34)25(26,27)28)9-10-21(19)36-22-7-5-4-6-20(22)29-24/h4-7,9-10,17H,2-3,8,11-16H2,1H3. The summed E-state index contributed by atoms with van der Waals surface area (Å²) in [6, 6.07) is 10.0. The molecule has 0 N–H and O–H groups in total. The van der Waals surface area contributed by atoms with E-state index in [4.69, 9.17) is 9.47 Å². The van der Waals surface area contributed by atoms with E-state index in [-0.39, 0.29) is 23.9 Å². The van der Waals surface area contributed by atoms with Gasteiger partial charge in [-0.15, -0.1) is 0 Å². The normalized spacial score (nSPS) is 16.2. The Labute approximate surface area is 213 Å². The molecule has 8 nitrogen and oxygen atoms in total. The second-order valence-electron chi connectivity index (χ2n) is 8.77. The number of esters is 1. The van der Waals surface area contributed by atoms with Crippen molar-refractivity contribution in [2.24, 2.45) is 4.99 Å². The monoisotopic (exact) mass is 539 g/mol. The molecule has 0 aromatic heterocycles. The number of alkyl halides is 3. The number of fused-ring (bicyclic) bond motifs is 2. The lowest BCUT2D eigenvalue weighted by atomic mass is 10.1. The number of aliphatic imine (C=N–C) groups is 1. The van der Waals surface area contributed by atoms with Crippen molar-refractivity contribution < 1.29 is 35.9 Å². The number of hydrogen-bond donors (Lipinski definition) is 0. The average molecular weight is 540 g/mol. The van der Waals surface area contributed by atoms with Gasteiger partial charge >= 0.3 is 11.5 Å². The molecule has 0 atom stereocenters. The predicted octanol–water partition coefficient (Wildman–Crippen LogP) is 4.52. The summed E-state index contributed by atoms with van der Waals surface area (Å²) in [6.07, 6.45) is 2.11. The smallest absolute Gasteiger partial charge is 0.464 e. The molecule has 4 rings (SSSR count). The van der Waals surface area contributed by atoms with E-state index in [0.717, 1.165) is 25.0 Å². The number of hydrogen-bond acceptors (Lipinski definition) is 8. The maximum Gasteiger partial charge on any atom is 0.501 e. The topological polar surface area (TPSA) is 88.5 Å². The van der Waals surface area contributed by atoms with Gasteiger partial charge in [0.05, 0.1) is 10.5 Å². The van der Waals surface area contributed by atoms with Gasteiger partial charge in [-0.1, -0.05) is 25.5 Å². The Morgan fingerprint density at radius 2 is 1.81 bits per heavy atom. The number of unbranched alkanes of at least 4 members (excludes halogenated alkanes) is 1. The van der Waals surface area contributed by atoms with E-state index < -0.39 is 20.2 Å². The number of benzene rings is 2. The summed E-state index contributed by atoms with van der Waals surface area (Å²) in [6.45, 7) is 5.03. The minimum Gasteiger partial charge on any atom is -0.464 e. The van der Waals surface area contributed by atoms with Crippen molar-refractivity contribution in [3.63, 3.8) is 0 Å². The third kappa shape index (κ3) is 6.07. The van der Waals surface area contributed by atoms with Crippen molar-refractivity contribution in [2.45, 2.75) is 36.6 Å². The summed E-state index contributed by atoms with van der Waals surface area (Å²) < 4.78 is 75.2. The van der Waals surface area contributed by atoms with Gasteiger partial charge in [-0.05, 0) is 36.8 Å². The molecule has 12 heteroatoms. The Morgan fingerprint density at radius 3 is 2.51 bits per heavy atom. The van der Waals surface area contributed by atoms with E-state index in [2.05, 4.69) is 9.89 Å². The molecule has 0 saturated carbocycles. The average Bonchev–Trinajstić information content (AvgIpc) is 3.03. The van der Waals surface area contributed by atoms with Crippen molar-refractivity contribution in [3.8, 4) is 11.5 Å². The Kier molecular flexibility index (Phi) is 8.08. The number of nitrogens with zero attached hydrogens (tertiary/aromatic N) is 3. The van der Waals surface area contributed by atoms with Gasteiger partial charge < -0.3 is 14.4 Å². The fourth-order valence-electron chi connectivity index (χ4n) is 4.11. The third-order valence-electron chi connectivity index (χ3n) is 6.20. The van der Waals surface area contributed by atoms with Crippen LogP contribution in [0.3, 0.4) is 0 Å². The molecular weight excluding hydrogens is 511 g/mol. The first kappa shape index (κ1) is 26.9. The molecule has 0 aliphatic carbocycles. The number of carbonyl (C=O) groups is 1. The third-order valence-corrected chi connectivity index (χ3v) is 7.68. The second kappa shape index (κ2) is 11.1. The number of rotatable bonds is 7. The summed E-state index contributed by atoms with van der Waals surface area (Å²) in [4.78, 5) is 19.6. The van der Waals surface area contributed by atoms with E-state index >= 15 is 0 Å². The Hall–Kier alpha value is -3.12. The molecule has 0 bridgehead atoms. The number of halogens is 3. The van der Waals surface area contributed by atoms with E-state index in [9.17, 15) is 26.4 Å². The maximum absolute atomic E-state index is 13.3.